The Labute approximate surface area is 318 Å². The maximum atomic E-state index is 15.7. The van der Waals surface area contributed by atoms with E-state index in [0.29, 0.717) is 56.3 Å². The molecule has 5 heterocycles. The summed E-state index contributed by atoms with van der Waals surface area (Å²) < 4.78 is 17.5. The lowest BCUT2D eigenvalue weighted by Gasteiger charge is -2.34. The van der Waals surface area contributed by atoms with Gasteiger partial charge in [-0.2, -0.15) is 9.61 Å². The van der Waals surface area contributed by atoms with Crippen molar-refractivity contribution in [3.05, 3.63) is 82.3 Å². The highest BCUT2D eigenvalue weighted by Crippen LogP contribution is 2.31. The van der Waals surface area contributed by atoms with Gasteiger partial charge in [0.2, 0.25) is 11.8 Å². The maximum absolute atomic E-state index is 15.7. The molecule has 2 aromatic heterocycles. The first kappa shape index (κ1) is 37.7. The van der Waals surface area contributed by atoms with Gasteiger partial charge in [0, 0.05) is 79.7 Å². The number of halogens is 1. The molecule has 2 fully saturated rings. The fourth-order valence-corrected chi connectivity index (χ4v) is 7.30. The number of hydrogen-bond acceptors (Lipinski definition) is 10. The third kappa shape index (κ3) is 7.96. The van der Waals surface area contributed by atoms with E-state index < -0.39 is 23.7 Å². The van der Waals surface area contributed by atoms with Gasteiger partial charge in [0.05, 0.1) is 25.4 Å². The van der Waals surface area contributed by atoms with Gasteiger partial charge in [-0.1, -0.05) is 39.0 Å². The number of anilines is 3. The monoisotopic (exact) mass is 754 g/mol. The van der Waals surface area contributed by atoms with Crippen LogP contribution in [0.5, 0.6) is 0 Å². The Morgan fingerprint density at radius 1 is 1.07 bits per heavy atom. The van der Waals surface area contributed by atoms with Crippen molar-refractivity contribution in [1.29, 1.82) is 0 Å². The molecular formula is C39H47FN10O5. The van der Waals surface area contributed by atoms with Crippen molar-refractivity contribution in [3.8, 4) is 0 Å². The predicted octanol–water partition coefficient (Wildman–Crippen LogP) is 3.90. The molecule has 3 aliphatic heterocycles. The predicted molar refractivity (Wildman–Crippen MR) is 204 cm³/mol. The SMILES string of the molecule is CC[C@@H](CO)Nc1cc(NCc2ccc(NC(=O)N3CCN(Cc4ccc5c(c4F)CN(C4CCC(=O)NC4=O)C5=O)CC3)cc2)n2ncc(C(C)C)c2n1. The minimum atomic E-state index is -0.802. The molecule has 0 saturated carbocycles. The minimum Gasteiger partial charge on any atom is -0.394 e. The number of aliphatic hydroxyl groups excluding tert-OH is 1. The van der Waals surface area contributed by atoms with Crippen LogP contribution in [0.2, 0.25) is 0 Å². The first-order valence-electron chi connectivity index (χ1n) is 18.8. The molecule has 0 bridgehead atoms. The van der Waals surface area contributed by atoms with Crippen LogP contribution < -0.4 is 21.3 Å². The fourth-order valence-electron chi connectivity index (χ4n) is 7.30. The number of imide groups is 1. The molecule has 3 aliphatic rings. The second-order valence-corrected chi connectivity index (χ2v) is 14.7. The van der Waals surface area contributed by atoms with E-state index >= 15 is 4.39 Å². The lowest BCUT2D eigenvalue weighted by molar-refractivity contribution is -0.136. The Morgan fingerprint density at radius 2 is 1.84 bits per heavy atom. The van der Waals surface area contributed by atoms with Crippen molar-refractivity contribution < 1.29 is 28.7 Å². The number of nitrogens with zero attached hydrogens (tertiary/aromatic N) is 6. The maximum Gasteiger partial charge on any atom is 0.321 e. The molecule has 2 atom stereocenters. The summed E-state index contributed by atoms with van der Waals surface area (Å²) in [7, 11) is 0. The van der Waals surface area contributed by atoms with Crippen LogP contribution in [0.4, 0.5) is 26.5 Å². The normalized spacial score (nSPS) is 18.1. The molecule has 0 aliphatic carbocycles. The third-order valence-electron chi connectivity index (χ3n) is 10.6. The highest BCUT2D eigenvalue weighted by molar-refractivity contribution is 6.05. The zero-order valence-electron chi connectivity index (χ0n) is 31.3. The quantitative estimate of drug-likeness (QED) is 0.133. The van der Waals surface area contributed by atoms with Crippen LogP contribution in [-0.4, -0.2) is 103 Å². The van der Waals surface area contributed by atoms with Crippen molar-refractivity contribution in [2.45, 2.75) is 77.7 Å². The Bertz CT molecular complexity index is 2090. The summed E-state index contributed by atoms with van der Waals surface area (Å²) in [5.74, 6) is -0.121. The number of amides is 5. The number of aromatic nitrogens is 3. The number of fused-ring (bicyclic) bond motifs is 2. The molecule has 0 spiro atoms. The Kier molecular flexibility index (Phi) is 11.0. The van der Waals surface area contributed by atoms with Crippen molar-refractivity contribution in [2.24, 2.45) is 0 Å². The largest absolute Gasteiger partial charge is 0.394 e. The van der Waals surface area contributed by atoms with E-state index in [0.717, 1.165) is 29.0 Å². The van der Waals surface area contributed by atoms with E-state index in [2.05, 4.69) is 45.1 Å². The van der Waals surface area contributed by atoms with E-state index in [9.17, 15) is 24.3 Å². The van der Waals surface area contributed by atoms with Gasteiger partial charge in [0.1, 0.15) is 23.5 Å². The van der Waals surface area contributed by atoms with Gasteiger partial charge in [0.25, 0.3) is 5.91 Å². The van der Waals surface area contributed by atoms with Crippen molar-refractivity contribution in [1.82, 2.24) is 34.6 Å². The molecule has 2 aromatic carbocycles. The van der Waals surface area contributed by atoms with E-state index in [1.54, 1.807) is 21.5 Å². The number of hydrogen-bond donors (Lipinski definition) is 5. The summed E-state index contributed by atoms with van der Waals surface area (Å²) in [5, 5.41) is 26.4. The molecule has 55 heavy (non-hydrogen) atoms. The van der Waals surface area contributed by atoms with Crippen LogP contribution >= 0.6 is 0 Å². The molecule has 15 nitrogen and oxygen atoms in total. The smallest absolute Gasteiger partial charge is 0.321 e. The number of urea groups is 1. The van der Waals surface area contributed by atoms with Crippen LogP contribution in [0.25, 0.3) is 5.65 Å². The second-order valence-electron chi connectivity index (χ2n) is 14.7. The van der Waals surface area contributed by atoms with E-state index in [4.69, 9.17) is 4.98 Å². The summed E-state index contributed by atoms with van der Waals surface area (Å²) in [6, 6.07) is 11.6. The number of benzene rings is 2. The zero-order chi connectivity index (χ0) is 38.8. The number of rotatable bonds is 12. The highest BCUT2D eigenvalue weighted by atomic mass is 19.1. The van der Waals surface area contributed by atoms with Gasteiger partial charge in [-0.25, -0.2) is 14.2 Å². The number of nitrogens with one attached hydrogen (secondary N) is 4. The first-order valence-corrected chi connectivity index (χ1v) is 18.8. The standard InChI is InChI=1S/C39H47FN10O5/c1-4-26(22-51)43-32-17-33(50-36(45-32)29(19-42-50)23(2)3)41-18-24-5-8-27(9-6-24)44-39(55)48-15-13-47(14-16-48)20-25-7-10-28-30(35(25)40)21-49(38(28)54)31-11-12-34(52)46-37(31)53/h5-10,17,19,23,26,31,41,51H,4,11-16,18,20-22H2,1-3H3,(H,43,45)(H,44,55)(H,46,52,53)/t26-,31?/m0/s1. The van der Waals surface area contributed by atoms with Gasteiger partial charge in [-0.15, -0.1) is 0 Å². The second kappa shape index (κ2) is 16.0. The highest BCUT2D eigenvalue weighted by Gasteiger charge is 2.40. The van der Waals surface area contributed by atoms with E-state index in [1.807, 2.05) is 43.5 Å². The van der Waals surface area contributed by atoms with Gasteiger partial charge in [-0.3, -0.25) is 24.6 Å². The lowest BCUT2D eigenvalue weighted by Crippen LogP contribution is -2.52. The molecule has 16 heteroatoms. The Hall–Kier alpha value is -5.61. The molecule has 1 unspecified atom stereocenters. The van der Waals surface area contributed by atoms with Crippen LogP contribution in [0.3, 0.4) is 0 Å². The van der Waals surface area contributed by atoms with Crippen LogP contribution in [0.1, 0.15) is 78.6 Å². The molecule has 5 amide bonds. The zero-order valence-corrected chi connectivity index (χ0v) is 31.3. The number of carbonyl (C=O) groups is 4. The third-order valence-corrected chi connectivity index (χ3v) is 10.6. The van der Waals surface area contributed by atoms with Gasteiger partial charge < -0.3 is 30.9 Å². The topological polar surface area (TPSA) is 177 Å². The molecule has 7 rings (SSSR count). The molecule has 0 radical (unpaired) electrons. The van der Waals surface area contributed by atoms with E-state index in [-0.39, 0.29) is 61.0 Å². The molecule has 4 aromatic rings. The summed E-state index contributed by atoms with van der Waals surface area (Å²) in [6.07, 6.45) is 2.94. The van der Waals surface area contributed by atoms with Crippen LogP contribution in [0, 0.1) is 5.82 Å². The first-order chi connectivity index (χ1) is 26.5. The fraction of sp³-hybridized carbons (Fsp3) is 0.436. The number of aliphatic hydroxyl groups is 1. The summed E-state index contributed by atoms with van der Waals surface area (Å²) in [5.41, 5.74) is 4.40. The molecule has 2 saturated heterocycles. The van der Waals surface area contributed by atoms with Crippen molar-refractivity contribution in [3.63, 3.8) is 0 Å². The minimum absolute atomic E-state index is 0.000511. The summed E-state index contributed by atoms with van der Waals surface area (Å²) >= 11 is 0. The average molecular weight is 755 g/mol. The van der Waals surface area contributed by atoms with Crippen LogP contribution in [0.15, 0.2) is 48.7 Å². The molecule has 5 N–H and O–H groups in total. The Balaban J connectivity index is 0.912. The van der Waals surface area contributed by atoms with Crippen LogP contribution in [-0.2, 0) is 29.2 Å². The Morgan fingerprint density at radius 3 is 2.53 bits per heavy atom. The van der Waals surface area contributed by atoms with E-state index in [1.165, 1.54) is 4.90 Å². The van der Waals surface area contributed by atoms with Crippen molar-refractivity contribution in [2.75, 3.05) is 48.7 Å². The number of piperidine rings is 1. The molecule has 290 valence electrons. The summed E-state index contributed by atoms with van der Waals surface area (Å²) in [4.78, 5) is 60.1. The van der Waals surface area contributed by atoms with Crippen molar-refractivity contribution >= 4 is 46.7 Å². The lowest BCUT2D eigenvalue weighted by atomic mass is 10.0. The van der Waals surface area contributed by atoms with Gasteiger partial charge in [0.15, 0.2) is 5.65 Å². The average Bonchev–Trinajstić information content (AvgIpc) is 3.76. The number of carbonyl (C=O) groups excluding carboxylic acids is 4. The summed E-state index contributed by atoms with van der Waals surface area (Å²) in [6.45, 7) is 9.02. The number of piperazine rings is 1. The van der Waals surface area contributed by atoms with Gasteiger partial charge >= 0.3 is 6.03 Å². The molecular weight excluding hydrogens is 707 g/mol. The van der Waals surface area contributed by atoms with Gasteiger partial charge in [-0.05, 0) is 42.5 Å².